The molecular formula is C11H8ClN5S3. The molecule has 0 bridgehead atoms. The van der Waals surface area contributed by atoms with Gasteiger partial charge in [-0.15, -0.1) is 22.0 Å². The standard InChI is InChI=1S/C11H8ClN5S3/c1-18-8-4-2-7(3-5-8)11(14-16-17-15-11)20-10-13-6-9(12)19-10/h2-6H,1H3. The van der Waals surface area contributed by atoms with Crippen LogP contribution in [0.4, 0.5) is 0 Å². The Labute approximate surface area is 132 Å². The van der Waals surface area contributed by atoms with Crippen molar-refractivity contribution in [1.82, 2.24) is 4.98 Å². The molecule has 0 radical (unpaired) electrons. The molecule has 0 amide bonds. The molecule has 0 saturated carbocycles. The number of benzene rings is 1. The summed E-state index contributed by atoms with van der Waals surface area (Å²) in [5.41, 5.74) is 0.914. The molecule has 0 spiro atoms. The Kier molecular flexibility index (Phi) is 4.06. The third-order valence-electron chi connectivity index (χ3n) is 2.55. The summed E-state index contributed by atoms with van der Waals surface area (Å²) in [7, 11) is 0. The molecule has 0 aliphatic carbocycles. The average Bonchev–Trinajstić information content (AvgIpc) is 3.10. The number of hydrogen-bond acceptors (Lipinski definition) is 8. The molecular weight excluding hydrogens is 334 g/mol. The van der Waals surface area contributed by atoms with Gasteiger partial charge in [-0.3, -0.25) is 0 Å². The van der Waals surface area contributed by atoms with Gasteiger partial charge < -0.3 is 0 Å². The first kappa shape index (κ1) is 14.0. The zero-order valence-electron chi connectivity index (χ0n) is 10.2. The molecule has 1 aromatic heterocycles. The lowest BCUT2D eigenvalue weighted by molar-refractivity contribution is 0.687. The number of rotatable bonds is 4. The monoisotopic (exact) mass is 341 g/mol. The number of hydrogen-bond donors (Lipinski definition) is 0. The van der Waals surface area contributed by atoms with E-state index in [1.54, 1.807) is 18.0 Å². The van der Waals surface area contributed by atoms with Crippen LogP contribution in [0.15, 0.2) is 60.4 Å². The second-order valence-corrected chi connectivity index (χ2v) is 7.71. The highest BCUT2D eigenvalue weighted by atomic mass is 35.5. The van der Waals surface area contributed by atoms with Gasteiger partial charge in [0.15, 0.2) is 4.34 Å². The summed E-state index contributed by atoms with van der Waals surface area (Å²) >= 11 is 10.4. The van der Waals surface area contributed by atoms with E-state index in [2.05, 4.69) is 25.7 Å². The third kappa shape index (κ3) is 2.73. The van der Waals surface area contributed by atoms with Crippen LogP contribution in [0.3, 0.4) is 0 Å². The third-order valence-corrected chi connectivity index (χ3v) is 5.67. The predicted octanol–water partition coefficient (Wildman–Crippen LogP) is 5.25. The fourth-order valence-corrected chi connectivity index (χ4v) is 4.35. The van der Waals surface area contributed by atoms with Crippen molar-refractivity contribution in [1.29, 1.82) is 0 Å². The molecule has 1 aromatic carbocycles. The summed E-state index contributed by atoms with van der Waals surface area (Å²) in [6, 6.07) is 8.02. The Morgan fingerprint density at radius 1 is 1.15 bits per heavy atom. The van der Waals surface area contributed by atoms with E-state index in [4.69, 9.17) is 11.6 Å². The number of nitrogens with zero attached hydrogens (tertiary/aromatic N) is 5. The molecule has 9 heteroatoms. The van der Waals surface area contributed by atoms with Crippen LogP contribution in [0, 0.1) is 0 Å². The molecule has 0 N–H and O–H groups in total. The average molecular weight is 342 g/mol. The maximum absolute atomic E-state index is 5.91. The molecule has 0 saturated heterocycles. The minimum Gasteiger partial charge on any atom is -0.236 e. The molecule has 20 heavy (non-hydrogen) atoms. The zero-order valence-corrected chi connectivity index (χ0v) is 13.4. The maximum atomic E-state index is 5.91. The Balaban J connectivity index is 1.95. The largest absolute Gasteiger partial charge is 0.272 e. The highest BCUT2D eigenvalue weighted by Gasteiger charge is 2.38. The van der Waals surface area contributed by atoms with Crippen LogP contribution >= 0.6 is 46.5 Å². The zero-order chi connectivity index (χ0) is 14.0. The highest BCUT2D eigenvalue weighted by molar-refractivity contribution is 8.01. The molecule has 0 fully saturated rings. The Bertz CT molecular complexity index is 655. The lowest BCUT2D eigenvalue weighted by Gasteiger charge is -2.18. The first-order chi connectivity index (χ1) is 9.72. The predicted molar refractivity (Wildman–Crippen MR) is 82.6 cm³/mol. The smallest absolute Gasteiger partial charge is 0.236 e. The van der Waals surface area contributed by atoms with Crippen LogP contribution in [-0.2, 0) is 4.99 Å². The van der Waals surface area contributed by atoms with Crippen molar-refractivity contribution in [2.24, 2.45) is 20.7 Å². The quantitative estimate of drug-likeness (QED) is 0.713. The second-order valence-electron chi connectivity index (χ2n) is 3.75. The topological polar surface area (TPSA) is 62.3 Å². The molecule has 1 aliphatic heterocycles. The molecule has 0 unspecified atom stereocenters. The number of thioether (sulfide) groups is 2. The van der Waals surface area contributed by atoms with E-state index < -0.39 is 4.99 Å². The lowest BCUT2D eigenvalue weighted by Crippen LogP contribution is -2.13. The first-order valence-corrected chi connectivity index (χ1v) is 8.74. The molecule has 5 nitrogen and oxygen atoms in total. The van der Waals surface area contributed by atoms with Crippen LogP contribution in [-0.4, -0.2) is 11.2 Å². The second kappa shape index (κ2) is 5.80. The van der Waals surface area contributed by atoms with Crippen LogP contribution in [0.1, 0.15) is 5.56 Å². The normalized spacial score (nSPS) is 15.9. The Morgan fingerprint density at radius 3 is 2.40 bits per heavy atom. The van der Waals surface area contributed by atoms with Crippen molar-refractivity contribution < 1.29 is 0 Å². The van der Waals surface area contributed by atoms with E-state index in [-0.39, 0.29) is 0 Å². The summed E-state index contributed by atoms with van der Waals surface area (Å²) in [5, 5.41) is 15.7. The van der Waals surface area contributed by atoms with Gasteiger partial charge in [-0.05, 0) is 40.6 Å². The molecule has 102 valence electrons. The van der Waals surface area contributed by atoms with Crippen molar-refractivity contribution in [3.63, 3.8) is 0 Å². The van der Waals surface area contributed by atoms with Gasteiger partial charge in [0.25, 0.3) is 4.99 Å². The van der Waals surface area contributed by atoms with Gasteiger partial charge in [0.2, 0.25) is 0 Å². The van der Waals surface area contributed by atoms with E-state index in [1.165, 1.54) is 28.0 Å². The van der Waals surface area contributed by atoms with Gasteiger partial charge in [-0.2, -0.15) is 0 Å². The lowest BCUT2D eigenvalue weighted by atomic mass is 10.2. The van der Waals surface area contributed by atoms with E-state index in [1.807, 2.05) is 30.5 Å². The van der Waals surface area contributed by atoms with Gasteiger partial charge in [-0.1, -0.05) is 35.1 Å². The Hall–Kier alpha value is -0.960. The van der Waals surface area contributed by atoms with Crippen LogP contribution in [0.5, 0.6) is 0 Å². The van der Waals surface area contributed by atoms with Crippen molar-refractivity contribution in [3.8, 4) is 0 Å². The van der Waals surface area contributed by atoms with E-state index in [0.717, 1.165) is 9.90 Å². The molecule has 1 aliphatic rings. The first-order valence-electron chi connectivity index (χ1n) is 5.51. The minimum atomic E-state index is -0.891. The van der Waals surface area contributed by atoms with Gasteiger partial charge in [-0.25, -0.2) is 4.98 Å². The highest BCUT2D eigenvalue weighted by Crippen LogP contribution is 2.48. The van der Waals surface area contributed by atoms with E-state index in [9.17, 15) is 0 Å². The van der Waals surface area contributed by atoms with Crippen LogP contribution in [0.25, 0.3) is 0 Å². The molecule has 3 rings (SSSR count). The van der Waals surface area contributed by atoms with E-state index in [0.29, 0.717) is 4.34 Å². The van der Waals surface area contributed by atoms with Gasteiger partial charge in [0.05, 0.1) is 6.20 Å². The van der Waals surface area contributed by atoms with Crippen molar-refractivity contribution >= 4 is 46.5 Å². The maximum Gasteiger partial charge on any atom is 0.272 e. The van der Waals surface area contributed by atoms with Crippen LogP contribution in [0.2, 0.25) is 4.34 Å². The van der Waals surface area contributed by atoms with Crippen LogP contribution < -0.4 is 0 Å². The number of halogens is 1. The summed E-state index contributed by atoms with van der Waals surface area (Å²) in [6.45, 7) is 0. The van der Waals surface area contributed by atoms with E-state index >= 15 is 0 Å². The molecule has 2 aromatic rings. The molecule has 2 heterocycles. The fraction of sp³-hybridized carbons (Fsp3) is 0.182. The number of thiazole rings is 1. The van der Waals surface area contributed by atoms with Gasteiger partial charge >= 0.3 is 0 Å². The minimum absolute atomic E-state index is 0.632. The van der Waals surface area contributed by atoms with Crippen molar-refractivity contribution in [2.75, 3.05) is 6.26 Å². The van der Waals surface area contributed by atoms with Crippen molar-refractivity contribution in [2.45, 2.75) is 14.2 Å². The molecule has 0 atom stereocenters. The van der Waals surface area contributed by atoms with Gasteiger partial charge in [0.1, 0.15) is 4.34 Å². The summed E-state index contributed by atoms with van der Waals surface area (Å²) in [4.78, 5) is 4.51. The Morgan fingerprint density at radius 2 is 1.85 bits per heavy atom. The summed E-state index contributed by atoms with van der Waals surface area (Å²) in [5.74, 6) is 0. The fourth-order valence-electron chi connectivity index (χ4n) is 1.61. The number of aromatic nitrogens is 1. The van der Waals surface area contributed by atoms with Gasteiger partial charge in [0, 0.05) is 10.5 Å². The summed E-state index contributed by atoms with van der Waals surface area (Å²) < 4.78 is 1.41. The SMILES string of the molecule is CSc1ccc(C2(Sc3ncc(Cl)s3)N=NN=N2)cc1. The van der Waals surface area contributed by atoms with Crippen molar-refractivity contribution in [3.05, 3.63) is 40.4 Å². The summed E-state index contributed by atoms with van der Waals surface area (Å²) in [6.07, 6.45) is 3.65.